The molecule has 1 aliphatic carbocycles. The van der Waals surface area contributed by atoms with Crippen molar-refractivity contribution in [3.05, 3.63) is 35.6 Å². The van der Waals surface area contributed by atoms with E-state index in [-0.39, 0.29) is 17.8 Å². The largest absolute Gasteiger partial charge is 0.353 e. The second kappa shape index (κ2) is 5.09. The molecule has 2 nitrogen and oxygen atoms in total. The lowest BCUT2D eigenvalue weighted by Gasteiger charge is -2.29. The maximum atomic E-state index is 13.0. The molecule has 0 aromatic heterocycles. The number of benzene rings is 1. The van der Waals surface area contributed by atoms with Crippen LogP contribution in [0.5, 0.6) is 0 Å². The molecule has 98 valence electrons. The normalized spacial score (nSPS) is 18.0. The van der Waals surface area contributed by atoms with Crippen molar-refractivity contribution >= 4 is 5.91 Å². The van der Waals surface area contributed by atoms with E-state index in [0.29, 0.717) is 0 Å². The second-order valence-corrected chi connectivity index (χ2v) is 5.42. The SMILES string of the molecule is CC(C)NC(=O)C1(c2ccc(F)cc2)CCCC1. The van der Waals surface area contributed by atoms with Crippen LogP contribution in [0.25, 0.3) is 0 Å². The van der Waals surface area contributed by atoms with Gasteiger partial charge in [-0.05, 0) is 44.4 Å². The highest BCUT2D eigenvalue weighted by molar-refractivity contribution is 5.88. The van der Waals surface area contributed by atoms with Gasteiger partial charge in [-0.1, -0.05) is 25.0 Å². The van der Waals surface area contributed by atoms with Crippen LogP contribution in [0.15, 0.2) is 24.3 Å². The first kappa shape index (κ1) is 13.1. The lowest BCUT2D eigenvalue weighted by Crippen LogP contribution is -2.45. The predicted molar refractivity (Wildman–Crippen MR) is 69.8 cm³/mol. The maximum Gasteiger partial charge on any atom is 0.230 e. The fourth-order valence-corrected chi connectivity index (χ4v) is 2.79. The Balaban J connectivity index is 2.32. The number of nitrogens with one attached hydrogen (secondary N) is 1. The van der Waals surface area contributed by atoms with Crippen LogP contribution in [0.1, 0.15) is 45.1 Å². The lowest BCUT2D eigenvalue weighted by molar-refractivity contribution is -0.127. The molecule has 0 bridgehead atoms. The van der Waals surface area contributed by atoms with Crippen molar-refractivity contribution in [1.82, 2.24) is 5.32 Å². The molecule has 18 heavy (non-hydrogen) atoms. The van der Waals surface area contributed by atoms with E-state index in [1.807, 2.05) is 13.8 Å². The minimum absolute atomic E-state index is 0.0848. The van der Waals surface area contributed by atoms with E-state index >= 15 is 0 Å². The van der Waals surface area contributed by atoms with Crippen LogP contribution in [0, 0.1) is 5.82 Å². The van der Waals surface area contributed by atoms with Gasteiger partial charge in [0.25, 0.3) is 0 Å². The van der Waals surface area contributed by atoms with Crippen molar-refractivity contribution in [3.8, 4) is 0 Å². The van der Waals surface area contributed by atoms with E-state index in [9.17, 15) is 9.18 Å². The van der Waals surface area contributed by atoms with Gasteiger partial charge in [-0.3, -0.25) is 4.79 Å². The summed E-state index contributed by atoms with van der Waals surface area (Å²) in [5, 5.41) is 3.01. The predicted octanol–water partition coefficient (Wildman–Crippen LogP) is 3.16. The van der Waals surface area contributed by atoms with Gasteiger partial charge in [0.05, 0.1) is 5.41 Å². The lowest BCUT2D eigenvalue weighted by atomic mass is 9.78. The summed E-state index contributed by atoms with van der Waals surface area (Å²) >= 11 is 0. The number of rotatable bonds is 3. The molecule has 1 amide bonds. The molecule has 1 fully saturated rings. The van der Waals surface area contributed by atoms with E-state index in [1.54, 1.807) is 12.1 Å². The molecule has 1 aromatic rings. The summed E-state index contributed by atoms with van der Waals surface area (Å²) in [5.41, 5.74) is 0.498. The van der Waals surface area contributed by atoms with Crippen LogP contribution in [0.2, 0.25) is 0 Å². The molecule has 0 atom stereocenters. The van der Waals surface area contributed by atoms with Gasteiger partial charge in [0.1, 0.15) is 5.82 Å². The summed E-state index contributed by atoms with van der Waals surface area (Å²) in [6.45, 7) is 3.93. The number of hydrogen-bond acceptors (Lipinski definition) is 1. The van der Waals surface area contributed by atoms with Gasteiger partial charge < -0.3 is 5.32 Å². The molecular weight excluding hydrogens is 229 g/mol. The minimum atomic E-state index is -0.446. The van der Waals surface area contributed by atoms with Crippen molar-refractivity contribution in [2.45, 2.75) is 51.0 Å². The van der Waals surface area contributed by atoms with Gasteiger partial charge in [0.2, 0.25) is 5.91 Å². The maximum absolute atomic E-state index is 13.0. The number of hydrogen-bond donors (Lipinski definition) is 1. The van der Waals surface area contributed by atoms with Crippen LogP contribution < -0.4 is 5.32 Å². The standard InChI is InChI=1S/C15H20FNO/c1-11(2)17-14(18)15(9-3-4-10-15)12-5-7-13(16)8-6-12/h5-8,11H,3-4,9-10H2,1-2H3,(H,17,18). The Morgan fingerprint density at radius 2 is 1.78 bits per heavy atom. The molecule has 0 heterocycles. The van der Waals surface area contributed by atoms with Crippen LogP contribution in [-0.2, 0) is 10.2 Å². The van der Waals surface area contributed by atoms with Crippen LogP contribution in [0.3, 0.4) is 0 Å². The fourth-order valence-electron chi connectivity index (χ4n) is 2.79. The van der Waals surface area contributed by atoms with E-state index in [1.165, 1.54) is 12.1 Å². The summed E-state index contributed by atoms with van der Waals surface area (Å²) in [5.74, 6) is -0.169. The first-order valence-electron chi connectivity index (χ1n) is 6.61. The minimum Gasteiger partial charge on any atom is -0.353 e. The molecule has 1 aliphatic rings. The summed E-state index contributed by atoms with van der Waals surface area (Å²) in [6, 6.07) is 6.52. The third-order valence-electron chi connectivity index (χ3n) is 3.71. The van der Waals surface area contributed by atoms with Crippen molar-refractivity contribution in [2.75, 3.05) is 0 Å². The number of carbonyl (C=O) groups excluding carboxylic acids is 1. The van der Waals surface area contributed by atoms with Crippen LogP contribution in [-0.4, -0.2) is 11.9 Å². The average Bonchev–Trinajstić information content (AvgIpc) is 2.79. The average molecular weight is 249 g/mol. The Labute approximate surface area is 108 Å². The molecule has 0 radical (unpaired) electrons. The number of carbonyl (C=O) groups is 1. The smallest absolute Gasteiger partial charge is 0.230 e. The highest BCUT2D eigenvalue weighted by Crippen LogP contribution is 2.41. The van der Waals surface area contributed by atoms with Crippen LogP contribution in [0.4, 0.5) is 4.39 Å². The van der Waals surface area contributed by atoms with Gasteiger partial charge >= 0.3 is 0 Å². The van der Waals surface area contributed by atoms with Gasteiger partial charge in [-0.15, -0.1) is 0 Å². The fraction of sp³-hybridized carbons (Fsp3) is 0.533. The van der Waals surface area contributed by atoms with Crippen molar-refractivity contribution < 1.29 is 9.18 Å². The molecule has 0 saturated heterocycles. The zero-order chi connectivity index (χ0) is 13.2. The second-order valence-electron chi connectivity index (χ2n) is 5.42. The van der Waals surface area contributed by atoms with Crippen molar-refractivity contribution in [3.63, 3.8) is 0 Å². The van der Waals surface area contributed by atoms with Gasteiger partial charge in [-0.2, -0.15) is 0 Å². The quantitative estimate of drug-likeness (QED) is 0.876. The summed E-state index contributed by atoms with van der Waals surface area (Å²) in [7, 11) is 0. The number of amides is 1. The molecule has 0 unspecified atom stereocenters. The highest BCUT2D eigenvalue weighted by Gasteiger charge is 2.42. The molecule has 0 aliphatic heterocycles. The summed E-state index contributed by atoms with van der Waals surface area (Å²) in [4.78, 5) is 12.5. The highest BCUT2D eigenvalue weighted by atomic mass is 19.1. The first-order chi connectivity index (χ1) is 8.54. The topological polar surface area (TPSA) is 29.1 Å². The Morgan fingerprint density at radius 1 is 1.22 bits per heavy atom. The van der Waals surface area contributed by atoms with E-state index < -0.39 is 5.41 Å². The molecule has 1 saturated carbocycles. The molecule has 0 spiro atoms. The molecule has 2 rings (SSSR count). The first-order valence-corrected chi connectivity index (χ1v) is 6.61. The van der Waals surface area contributed by atoms with E-state index in [4.69, 9.17) is 0 Å². The Hall–Kier alpha value is -1.38. The summed E-state index contributed by atoms with van der Waals surface area (Å²) in [6.07, 6.45) is 3.83. The van der Waals surface area contributed by atoms with Crippen molar-refractivity contribution in [2.24, 2.45) is 0 Å². The zero-order valence-corrected chi connectivity index (χ0v) is 11.0. The third-order valence-corrected chi connectivity index (χ3v) is 3.71. The van der Waals surface area contributed by atoms with E-state index in [0.717, 1.165) is 31.2 Å². The molecule has 1 N–H and O–H groups in total. The Kier molecular flexibility index (Phi) is 3.69. The van der Waals surface area contributed by atoms with Gasteiger partial charge in [0, 0.05) is 6.04 Å². The molecule has 1 aromatic carbocycles. The number of halogens is 1. The molecule has 3 heteroatoms. The van der Waals surface area contributed by atoms with Crippen molar-refractivity contribution in [1.29, 1.82) is 0 Å². The monoisotopic (exact) mass is 249 g/mol. The molecular formula is C15H20FNO. The van der Waals surface area contributed by atoms with Gasteiger partial charge in [0.15, 0.2) is 0 Å². The third kappa shape index (κ3) is 2.40. The van der Waals surface area contributed by atoms with Crippen LogP contribution >= 0.6 is 0 Å². The van der Waals surface area contributed by atoms with E-state index in [2.05, 4.69) is 5.32 Å². The Morgan fingerprint density at radius 3 is 2.28 bits per heavy atom. The van der Waals surface area contributed by atoms with Gasteiger partial charge in [-0.25, -0.2) is 4.39 Å². The Bertz CT molecular complexity index is 419. The zero-order valence-electron chi connectivity index (χ0n) is 11.0. The summed E-state index contributed by atoms with van der Waals surface area (Å²) < 4.78 is 13.0.